The van der Waals surface area contributed by atoms with Crippen LogP contribution in [0.15, 0.2) is 24.3 Å². The quantitative estimate of drug-likeness (QED) is 0.359. The predicted octanol–water partition coefficient (Wildman–Crippen LogP) is 3.83. The van der Waals surface area contributed by atoms with Crippen LogP contribution in [0.25, 0.3) is 0 Å². The molecular weight excluding hydrogens is 358 g/mol. The topological polar surface area (TPSA) is 72.2 Å². The fourth-order valence-electron chi connectivity index (χ4n) is 3.12. The van der Waals surface area contributed by atoms with Gasteiger partial charge in [-0.15, -0.1) is 0 Å². The van der Waals surface area contributed by atoms with Crippen LogP contribution >= 0.6 is 0 Å². The van der Waals surface area contributed by atoms with Crippen molar-refractivity contribution in [2.45, 2.75) is 57.7 Å². The highest BCUT2D eigenvalue weighted by Crippen LogP contribution is 2.25. The summed E-state index contributed by atoms with van der Waals surface area (Å²) in [6, 6.07) is 7.60. The van der Waals surface area contributed by atoms with E-state index in [2.05, 4.69) is 6.92 Å². The second kappa shape index (κ2) is 14.6. The summed E-state index contributed by atoms with van der Waals surface area (Å²) in [5.74, 6) is 0.890. The summed E-state index contributed by atoms with van der Waals surface area (Å²) in [7, 11) is 0. The molecule has 0 spiro atoms. The van der Waals surface area contributed by atoms with Gasteiger partial charge in [-0.05, 0) is 56.4 Å². The average Bonchev–Trinajstić information content (AvgIpc) is 2.72. The van der Waals surface area contributed by atoms with Gasteiger partial charge in [0.25, 0.3) is 0 Å². The average molecular weight is 396 g/mol. The zero-order valence-corrected chi connectivity index (χ0v) is 17.3. The number of benzene rings is 1. The summed E-state index contributed by atoms with van der Waals surface area (Å²) >= 11 is 0. The Labute approximate surface area is 169 Å². The Kier molecular flexibility index (Phi) is 12.0. The van der Waals surface area contributed by atoms with E-state index in [0.717, 1.165) is 56.6 Å². The first kappa shape index (κ1) is 22.9. The number of anilines is 1. The van der Waals surface area contributed by atoms with E-state index in [9.17, 15) is 0 Å². The highest BCUT2D eigenvalue weighted by molar-refractivity contribution is 5.41. The van der Waals surface area contributed by atoms with E-state index in [1.54, 1.807) is 0 Å². The van der Waals surface area contributed by atoms with Gasteiger partial charge in [0.05, 0.1) is 51.8 Å². The summed E-state index contributed by atoms with van der Waals surface area (Å²) < 4.78 is 28.4. The number of nitrogen functional groups attached to an aromatic ring is 1. The molecule has 2 rings (SSSR count). The minimum absolute atomic E-state index is 0.267. The van der Waals surface area contributed by atoms with E-state index in [1.165, 1.54) is 0 Å². The van der Waals surface area contributed by atoms with Crippen LogP contribution in [0.4, 0.5) is 5.69 Å². The van der Waals surface area contributed by atoms with Gasteiger partial charge in [0.2, 0.25) is 0 Å². The van der Waals surface area contributed by atoms with Crippen LogP contribution in [-0.4, -0.2) is 58.5 Å². The molecule has 0 radical (unpaired) electrons. The van der Waals surface area contributed by atoms with Crippen molar-refractivity contribution < 1.29 is 23.7 Å². The van der Waals surface area contributed by atoms with E-state index < -0.39 is 0 Å². The number of ether oxygens (including phenoxy) is 5. The standard InChI is InChI=1S/C22H37NO5/c1-2-3-12-24-13-14-25-15-16-26-17-18-27-20-8-10-22(11-9-20)28-21-6-4-19(23)5-7-21/h4-7,20,22H,2-3,8-18,23H2,1H3. The largest absolute Gasteiger partial charge is 0.490 e. The van der Waals surface area contributed by atoms with Crippen LogP contribution in [0, 0.1) is 0 Å². The van der Waals surface area contributed by atoms with Crippen molar-refractivity contribution in [2.24, 2.45) is 0 Å². The fraction of sp³-hybridized carbons (Fsp3) is 0.727. The van der Waals surface area contributed by atoms with E-state index >= 15 is 0 Å². The Bertz CT molecular complexity index is 488. The lowest BCUT2D eigenvalue weighted by molar-refractivity contribution is -0.0361. The molecule has 2 N–H and O–H groups in total. The lowest BCUT2D eigenvalue weighted by atomic mass is 9.95. The number of unbranched alkanes of at least 4 members (excludes halogenated alkanes) is 1. The van der Waals surface area contributed by atoms with Gasteiger partial charge in [0.15, 0.2) is 0 Å². The third-order valence-electron chi connectivity index (χ3n) is 4.77. The molecule has 6 heteroatoms. The van der Waals surface area contributed by atoms with Gasteiger partial charge in [-0.2, -0.15) is 0 Å². The first-order chi connectivity index (χ1) is 13.8. The van der Waals surface area contributed by atoms with Gasteiger partial charge < -0.3 is 29.4 Å². The van der Waals surface area contributed by atoms with Gasteiger partial charge >= 0.3 is 0 Å². The second-order valence-corrected chi connectivity index (χ2v) is 7.15. The number of hydrogen-bond donors (Lipinski definition) is 1. The molecule has 1 aromatic rings. The minimum atomic E-state index is 0.267. The Morgan fingerprint density at radius 3 is 1.89 bits per heavy atom. The normalized spacial score (nSPS) is 19.6. The first-order valence-corrected chi connectivity index (χ1v) is 10.6. The molecule has 0 bridgehead atoms. The van der Waals surface area contributed by atoms with Crippen molar-refractivity contribution in [3.05, 3.63) is 24.3 Å². The third kappa shape index (κ3) is 10.3. The van der Waals surface area contributed by atoms with Crippen molar-refractivity contribution in [1.82, 2.24) is 0 Å². The zero-order valence-electron chi connectivity index (χ0n) is 17.3. The molecule has 0 amide bonds. The maximum atomic E-state index is 6.02. The van der Waals surface area contributed by atoms with Crippen molar-refractivity contribution in [3.63, 3.8) is 0 Å². The lowest BCUT2D eigenvalue weighted by Gasteiger charge is -2.29. The van der Waals surface area contributed by atoms with E-state index in [1.807, 2.05) is 24.3 Å². The highest BCUT2D eigenvalue weighted by Gasteiger charge is 2.22. The molecule has 6 nitrogen and oxygen atoms in total. The number of hydrogen-bond acceptors (Lipinski definition) is 6. The molecule has 1 aliphatic carbocycles. The molecule has 28 heavy (non-hydrogen) atoms. The molecule has 0 heterocycles. The molecule has 1 saturated carbocycles. The molecule has 0 aromatic heterocycles. The van der Waals surface area contributed by atoms with Gasteiger partial charge in [0, 0.05) is 12.3 Å². The van der Waals surface area contributed by atoms with Crippen LogP contribution in [0.2, 0.25) is 0 Å². The summed E-state index contributed by atoms with van der Waals surface area (Å²) in [5.41, 5.74) is 6.46. The smallest absolute Gasteiger partial charge is 0.119 e. The zero-order chi connectivity index (χ0) is 19.9. The Morgan fingerprint density at radius 1 is 0.750 bits per heavy atom. The molecule has 160 valence electrons. The maximum Gasteiger partial charge on any atom is 0.119 e. The molecule has 1 fully saturated rings. The molecule has 0 atom stereocenters. The van der Waals surface area contributed by atoms with Crippen molar-refractivity contribution in [1.29, 1.82) is 0 Å². The molecule has 0 unspecified atom stereocenters. The van der Waals surface area contributed by atoms with Gasteiger partial charge in [-0.25, -0.2) is 0 Å². The first-order valence-electron chi connectivity index (χ1n) is 10.6. The van der Waals surface area contributed by atoms with E-state index in [-0.39, 0.29) is 6.10 Å². The summed E-state index contributed by atoms with van der Waals surface area (Å²) in [6.45, 7) is 6.71. The third-order valence-corrected chi connectivity index (χ3v) is 4.77. The van der Waals surface area contributed by atoms with Crippen LogP contribution in [0.3, 0.4) is 0 Å². The van der Waals surface area contributed by atoms with Crippen LogP contribution in [0.1, 0.15) is 45.4 Å². The van der Waals surface area contributed by atoms with Gasteiger partial charge in [-0.3, -0.25) is 0 Å². The summed E-state index contributed by atoms with van der Waals surface area (Å²) in [5, 5.41) is 0. The summed E-state index contributed by atoms with van der Waals surface area (Å²) in [4.78, 5) is 0. The van der Waals surface area contributed by atoms with Crippen LogP contribution in [-0.2, 0) is 18.9 Å². The Balaban J connectivity index is 1.38. The molecular formula is C22H37NO5. The minimum Gasteiger partial charge on any atom is -0.490 e. The predicted molar refractivity (Wildman–Crippen MR) is 111 cm³/mol. The van der Waals surface area contributed by atoms with Crippen LogP contribution in [0.5, 0.6) is 5.75 Å². The van der Waals surface area contributed by atoms with Crippen molar-refractivity contribution in [3.8, 4) is 5.75 Å². The monoisotopic (exact) mass is 395 g/mol. The molecule has 1 aromatic carbocycles. The maximum absolute atomic E-state index is 6.02. The Hall–Kier alpha value is -1.34. The SMILES string of the molecule is CCCCOCCOCCOCCOC1CCC(Oc2ccc(N)cc2)CC1. The van der Waals surface area contributed by atoms with E-state index in [0.29, 0.717) is 45.7 Å². The van der Waals surface area contributed by atoms with Gasteiger partial charge in [0.1, 0.15) is 5.75 Å². The summed E-state index contributed by atoms with van der Waals surface area (Å²) in [6.07, 6.45) is 6.94. The Morgan fingerprint density at radius 2 is 1.29 bits per heavy atom. The van der Waals surface area contributed by atoms with Crippen LogP contribution < -0.4 is 10.5 Å². The second-order valence-electron chi connectivity index (χ2n) is 7.15. The molecule has 1 aliphatic rings. The molecule has 0 saturated heterocycles. The lowest BCUT2D eigenvalue weighted by Crippen LogP contribution is -2.29. The number of nitrogens with two attached hydrogens (primary N) is 1. The van der Waals surface area contributed by atoms with Crippen molar-refractivity contribution >= 4 is 5.69 Å². The van der Waals surface area contributed by atoms with Crippen molar-refractivity contribution in [2.75, 3.05) is 52.0 Å². The van der Waals surface area contributed by atoms with Gasteiger partial charge in [-0.1, -0.05) is 13.3 Å². The highest BCUT2D eigenvalue weighted by atomic mass is 16.6. The van der Waals surface area contributed by atoms with E-state index in [4.69, 9.17) is 29.4 Å². The fourth-order valence-corrected chi connectivity index (χ4v) is 3.12. The molecule has 0 aliphatic heterocycles. The number of rotatable bonds is 15.